The number of hydrogen-bond acceptors (Lipinski definition) is 3. The SMILES string of the molecule is Oc1ccc2nn(CC3CCNC3)cc2c1. The number of phenolic OH excluding ortho intramolecular Hbond substituents is 1. The molecule has 2 aromatic rings. The Morgan fingerprint density at radius 2 is 2.44 bits per heavy atom. The van der Waals surface area contributed by atoms with E-state index in [4.69, 9.17) is 0 Å². The number of aromatic hydroxyl groups is 1. The molecule has 2 N–H and O–H groups in total. The average Bonchev–Trinajstić information content (AvgIpc) is 2.86. The summed E-state index contributed by atoms with van der Waals surface area (Å²) in [5.74, 6) is 0.984. The Morgan fingerprint density at radius 3 is 3.25 bits per heavy atom. The quantitative estimate of drug-likeness (QED) is 0.798. The zero-order valence-electron chi connectivity index (χ0n) is 9.06. The highest BCUT2D eigenvalue weighted by molar-refractivity contribution is 5.79. The van der Waals surface area contributed by atoms with Crippen molar-refractivity contribution in [2.75, 3.05) is 13.1 Å². The first-order valence-electron chi connectivity index (χ1n) is 5.68. The second-order valence-corrected chi connectivity index (χ2v) is 4.45. The lowest BCUT2D eigenvalue weighted by molar-refractivity contribution is 0.452. The second-order valence-electron chi connectivity index (χ2n) is 4.45. The molecule has 1 atom stereocenters. The van der Waals surface area contributed by atoms with Gasteiger partial charge in [0.05, 0.1) is 5.52 Å². The summed E-state index contributed by atoms with van der Waals surface area (Å²) in [6, 6.07) is 5.29. The van der Waals surface area contributed by atoms with Crippen molar-refractivity contribution in [2.24, 2.45) is 5.92 Å². The summed E-state index contributed by atoms with van der Waals surface area (Å²) in [5.41, 5.74) is 0.948. The molecule has 16 heavy (non-hydrogen) atoms. The Hall–Kier alpha value is -1.55. The Labute approximate surface area is 93.9 Å². The van der Waals surface area contributed by atoms with Crippen molar-refractivity contribution in [1.29, 1.82) is 0 Å². The number of hydrogen-bond donors (Lipinski definition) is 2. The molecule has 0 aliphatic carbocycles. The van der Waals surface area contributed by atoms with Crippen molar-refractivity contribution in [1.82, 2.24) is 15.1 Å². The number of benzene rings is 1. The number of fused-ring (bicyclic) bond motifs is 1. The molecular formula is C12H15N3O. The van der Waals surface area contributed by atoms with E-state index in [1.54, 1.807) is 12.1 Å². The maximum Gasteiger partial charge on any atom is 0.116 e. The van der Waals surface area contributed by atoms with Crippen molar-refractivity contribution >= 4 is 10.9 Å². The van der Waals surface area contributed by atoms with Crippen LogP contribution in [-0.4, -0.2) is 28.0 Å². The van der Waals surface area contributed by atoms with Gasteiger partial charge in [0.2, 0.25) is 0 Å². The number of phenols is 1. The van der Waals surface area contributed by atoms with Crippen LogP contribution >= 0.6 is 0 Å². The van der Waals surface area contributed by atoms with Gasteiger partial charge < -0.3 is 10.4 Å². The Balaban J connectivity index is 1.86. The van der Waals surface area contributed by atoms with E-state index < -0.39 is 0 Å². The monoisotopic (exact) mass is 217 g/mol. The molecule has 0 radical (unpaired) electrons. The Bertz CT molecular complexity index is 500. The maximum absolute atomic E-state index is 9.38. The lowest BCUT2D eigenvalue weighted by Gasteiger charge is -2.07. The molecule has 1 aliphatic rings. The fourth-order valence-electron chi connectivity index (χ4n) is 2.29. The van der Waals surface area contributed by atoms with Gasteiger partial charge in [-0.05, 0) is 43.6 Å². The normalized spacial score (nSPS) is 20.6. The minimum atomic E-state index is 0.301. The first kappa shape index (κ1) is 9.66. The molecule has 4 heteroatoms. The van der Waals surface area contributed by atoms with Crippen molar-refractivity contribution < 1.29 is 5.11 Å². The smallest absolute Gasteiger partial charge is 0.116 e. The highest BCUT2D eigenvalue weighted by atomic mass is 16.3. The van der Waals surface area contributed by atoms with Crippen molar-refractivity contribution in [3.05, 3.63) is 24.4 Å². The molecule has 84 valence electrons. The zero-order valence-corrected chi connectivity index (χ0v) is 9.06. The fraction of sp³-hybridized carbons (Fsp3) is 0.417. The van der Waals surface area contributed by atoms with Crippen LogP contribution < -0.4 is 5.32 Å². The number of nitrogens with one attached hydrogen (secondary N) is 1. The van der Waals surface area contributed by atoms with Crippen LogP contribution in [0.5, 0.6) is 5.75 Å². The third kappa shape index (κ3) is 1.76. The highest BCUT2D eigenvalue weighted by Crippen LogP contribution is 2.19. The zero-order chi connectivity index (χ0) is 11.0. The summed E-state index contributed by atoms with van der Waals surface area (Å²) in [6.07, 6.45) is 3.23. The maximum atomic E-state index is 9.38. The van der Waals surface area contributed by atoms with E-state index >= 15 is 0 Å². The molecule has 1 unspecified atom stereocenters. The van der Waals surface area contributed by atoms with Gasteiger partial charge in [-0.3, -0.25) is 4.68 Å². The lowest BCUT2D eigenvalue weighted by Crippen LogP contribution is -2.14. The molecule has 3 rings (SSSR count). The molecule has 0 bridgehead atoms. The predicted molar refractivity (Wildman–Crippen MR) is 62.4 cm³/mol. The second kappa shape index (κ2) is 3.79. The van der Waals surface area contributed by atoms with E-state index in [-0.39, 0.29) is 0 Å². The summed E-state index contributed by atoms with van der Waals surface area (Å²) in [7, 11) is 0. The first-order valence-corrected chi connectivity index (χ1v) is 5.68. The molecule has 1 saturated heterocycles. The van der Waals surface area contributed by atoms with E-state index in [1.807, 2.05) is 16.9 Å². The average molecular weight is 217 g/mol. The molecule has 1 aromatic carbocycles. The van der Waals surface area contributed by atoms with Gasteiger partial charge in [-0.15, -0.1) is 0 Å². The standard InChI is InChI=1S/C12H15N3O/c16-11-1-2-12-10(5-11)8-15(14-12)7-9-3-4-13-6-9/h1-2,5,8-9,13,16H,3-4,6-7H2. The third-order valence-electron chi connectivity index (χ3n) is 3.14. The van der Waals surface area contributed by atoms with E-state index in [9.17, 15) is 5.11 Å². The lowest BCUT2D eigenvalue weighted by atomic mass is 10.1. The molecule has 1 fully saturated rings. The van der Waals surface area contributed by atoms with Gasteiger partial charge in [0.25, 0.3) is 0 Å². The summed E-state index contributed by atoms with van der Waals surface area (Å²) < 4.78 is 1.99. The molecule has 1 aromatic heterocycles. The highest BCUT2D eigenvalue weighted by Gasteiger charge is 2.15. The molecule has 1 aliphatic heterocycles. The molecule has 0 saturated carbocycles. The van der Waals surface area contributed by atoms with Gasteiger partial charge in [-0.1, -0.05) is 0 Å². The summed E-state index contributed by atoms with van der Waals surface area (Å²) >= 11 is 0. The van der Waals surface area contributed by atoms with Crippen LogP contribution in [-0.2, 0) is 6.54 Å². The van der Waals surface area contributed by atoms with Crippen LogP contribution in [0.2, 0.25) is 0 Å². The van der Waals surface area contributed by atoms with Crippen LogP contribution in [0, 0.1) is 5.92 Å². The van der Waals surface area contributed by atoms with E-state index in [0.717, 1.165) is 30.5 Å². The third-order valence-corrected chi connectivity index (χ3v) is 3.14. The van der Waals surface area contributed by atoms with Crippen LogP contribution in [0.3, 0.4) is 0 Å². The largest absolute Gasteiger partial charge is 0.508 e. The molecule has 4 nitrogen and oxygen atoms in total. The number of aromatic nitrogens is 2. The van der Waals surface area contributed by atoms with Gasteiger partial charge in [0.15, 0.2) is 0 Å². The topological polar surface area (TPSA) is 50.1 Å². The molecular weight excluding hydrogens is 202 g/mol. The van der Waals surface area contributed by atoms with Gasteiger partial charge in [0.1, 0.15) is 5.75 Å². The van der Waals surface area contributed by atoms with E-state index in [1.165, 1.54) is 6.42 Å². The van der Waals surface area contributed by atoms with E-state index in [2.05, 4.69) is 10.4 Å². The summed E-state index contributed by atoms with van der Waals surface area (Å²) in [6.45, 7) is 3.16. The number of rotatable bonds is 2. The Morgan fingerprint density at radius 1 is 1.50 bits per heavy atom. The Kier molecular flexibility index (Phi) is 2.29. The van der Waals surface area contributed by atoms with Gasteiger partial charge >= 0.3 is 0 Å². The van der Waals surface area contributed by atoms with Crippen LogP contribution in [0.4, 0.5) is 0 Å². The van der Waals surface area contributed by atoms with Crippen molar-refractivity contribution in [2.45, 2.75) is 13.0 Å². The van der Waals surface area contributed by atoms with Crippen LogP contribution in [0.1, 0.15) is 6.42 Å². The van der Waals surface area contributed by atoms with Crippen LogP contribution in [0.15, 0.2) is 24.4 Å². The summed E-state index contributed by atoms with van der Waals surface area (Å²) in [4.78, 5) is 0. The van der Waals surface area contributed by atoms with E-state index in [0.29, 0.717) is 11.7 Å². The van der Waals surface area contributed by atoms with Crippen LogP contribution in [0.25, 0.3) is 10.9 Å². The number of nitrogens with zero attached hydrogens (tertiary/aromatic N) is 2. The minimum absolute atomic E-state index is 0.301. The fourth-order valence-corrected chi connectivity index (χ4v) is 2.29. The van der Waals surface area contributed by atoms with Gasteiger partial charge in [0, 0.05) is 18.1 Å². The molecule has 0 amide bonds. The minimum Gasteiger partial charge on any atom is -0.508 e. The summed E-state index contributed by atoms with van der Waals surface area (Å²) in [5, 5.41) is 18.2. The van der Waals surface area contributed by atoms with Crippen molar-refractivity contribution in [3.63, 3.8) is 0 Å². The first-order chi connectivity index (χ1) is 7.81. The van der Waals surface area contributed by atoms with Crippen molar-refractivity contribution in [3.8, 4) is 5.75 Å². The predicted octanol–water partition coefficient (Wildman–Crippen LogP) is 1.35. The van der Waals surface area contributed by atoms with Gasteiger partial charge in [-0.25, -0.2) is 0 Å². The molecule has 0 spiro atoms. The van der Waals surface area contributed by atoms with Gasteiger partial charge in [-0.2, -0.15) is 5.10 Å². The molecule has 2 heterocycles.